The standard InChI is InChI=1S/C14H22ClN3S.HI/c1-16-14(18-10-11-19-2)17-9-3-4-12-5-7-13(15)8-6-12;/h5-8H,3-4,9-11H2,1-2H3,(H2,16,17,18);1H. The third-order valence-corrected chi connectivity index (χ3v) is 3.53. The Labute approximate surface area is 148 Å². The molecular weight excluding hydrogens is 405 g/mol. The van der Waals surface area contributed by atoms with E-state index in [9.17, 15) is 0 Å². The van der Waals surface area contributed by atoms with E-state index in [-0.39, 0.29) is 24.0 Å². The highest BCUT2D eigenvalue weighted by Crippen LogP contribution is 2.10. The van der Waals surface area contributed by atoms with Crippen LogP contribution in [0.3, 0.4) is 0 Å². The molecule has 0 aliphatic rings. The third-order valence-electron chi connectivity index (χ3n) is 2.67. The summed E-state index contributed by atoms with van der Waals surface area (Å²) in [6.07, 6.45) is 4.22. The van der Waals surface area contributed by atoms with Gasteiger partial charge >= 0.3 is 0 Å². The van der Waals surface area contributed by atoms with E-state index >= 15 is 0 Å². The minimum absolute atomic E-state index is 0. The predicted octanol–water partition coefficient (Wildman–Crippen LogP) is 3.42. The lowest BCUT2D eigenvalue weighted by Gasteiger charge is -2.11. The van der Waals surface area contributed by atoms with Crippen LogP contribution in [0.2, 0.25) is 5.02 Å². The molecule has 0 amide bonds. The molecule has 3 nitrogen and oxygen atoms in total. The number of aryl methyl sites for hydroxylation is 1. The van der Waals surface area contributed by atoms with Gasteiger partial charge in [0.25, 0.3) is 0 Å². The van der Waals surface area contributed by atoms with Gasteiger partial charge in [0.15, 0.2) is 5.96 Å². The van der Waals surface area contributed by atoms with Crippen LogP contribution in [0.4, 0.5) is 0 Å². The molecule has 2 N–H and O–H groups in total. The number of halogens is 2. The summed E-state index contributed by atoms with van der Waals surface area (Å²) in [7, 11) is 1.80. The van der Waals surface area contributed by atoms with Crippen molar-refractivity contribution in [1.29, 1.82) is 0 Å². The molecule has 0 fully saturated rings. The van der Waals surface area contributed by atoms with Gasteiger partial charge in [-0.15, -0.1) is 24.0 Å². The normalized spacial score (nSPS) is 10.8. The van der Waals surface area contributed by atoms with Gasteiger partial charge < -0.3 is 10.6 Å². The Hall–Kier alpha value is -0.140. The maximum absolute atomic E-state index is 5.86. The summed E-state index contributed by atoms with van der Waals surface area (Å²) in [5, 5.41) is 7.38. The van der Waals surface area contributed by atoms with Crippen molar-refractivity contribution in [3.05, 3.63) is 34.9 Å². The molecule has 0 heterocycles. The summed E-state index contributed by atoms with van der Waals surface area (Å²) in [5.41, 5.74) is 1.32. The molecule has 0 aliphatic carbocycles. The van der Waals surface area contributed by atoms with Crippen LogP contribution in [0.5, 0.6) is 0 Å². The summed E-state index contributed by atoms with van der Waals surface area (Å²) < 4.78 is 0. The quantitative estimate of drug-likeness (QED) is 0.303. The van der Waals surface area contributed by atoms with E-state index in [1.807, 2.05) is 23.9 Å². The van der Waals surface area contributed by atoms with Crippen molar-refractivity contribution >= 4 is 53.3 Å². The Balaban J connectivity index is 0.00000361. The van der Waals surface area contributed by atoms with E-state index in [4.69, 9.17) is 11.6 Å². The number of hydrogen-bond donors (Lipinski definition) is 2. The van der Waals surface area contributed by atoms with Crippen molar-refractivity contribution in [2.24, 2.45) is 4.99 Å². The Morgan fingerprint density at radius 2 is 1.85 bits per heavy atom. The summed E-state index contributed by atoms with van der Waals surface area (Å²) in [6.45, 7) is 1.86. The molecular formula is C14H23ClIN3S. The lowest BCUT2D eigenvalue weighted by molar-refractivity contribution is 0.749. The average Bonchev–Trinajstić information content (AvgIpc) is 2.43. The third kappa shape index (κ3) is 8.92. The van der Waals surface area contributed by atoms with Crippen molar-refractivity contribution in [2.75, 3.05) is 32.1 Å². The van der Waals surface area contributed by atoms with Crippen LogP contribution < -0.4 is 10.6 Å². The van der Waals surface area contributed by atoms with Gasteiger partial charge in [-0.05, 0) is 36.8 Å². The van der Waals surface area contributed by atoms with Crippen LogP contribution >= 0.6 is 47.3 Å². The highest BCUT2D eigenvalue weighted by molar-refractivity contribution is 14.0. The van der Waals surface area contributed by atoms with E-state index in [2.05, 4.69) is 34.0 Å². The van der Waals surface area contributed by atoms with Crippen molar-refractivity contribution in [2.45, 2.75) is 12.8 Å². The first-order valence-corrected chi connectivity index (χ1v) is 8.21. The Kier molecular flexibility index (Phi) is 12.5. The second-order valence-corrected chi connectivity index (χ2v) is 5.57. The van der Waals surface area contributed by atoms with Crippen LogP contribution in [-0.4, -0.2) is 38.1 Å². The van der Waals surface area contributed by atoms with E-state index < -0.39 is 0 Å². The molecule has 20 heavy (non-hydrogen) atoms. The summed E-state index contributed by atoms with van der Waals surface area (Å²) in [4.78, 5) is 4.18. The molecule has 0 bridgehead atoms. The van der Waals surface area contributed by atoms with E-state index in [1.165, 1.54) is 5.56 Å². The summed E-state index contributed by atoms with van der Waals surface area (Å²) in [6, 6.07) is 8.03. The van der Waals surface area contributed by atoms with Gasteiger partial charge in [-0.25, -0.2) is 0 Å². The van der Waals surface area contributed by atoms with Crippen LogP contribution in [0.25, 0.3) is 0 Å². The zero-order valence-electron chi connectivity index (χ0n) is 12.0. The first kappa shape index (κ1) is 19.9. The molecule has 1 rings (SSSR count). The van der Waals surface area contributed by atoms with Gasteiger partial charge in [-0.2, -0.15) is 11.8 Å². The first-order chi connectivity index (χ1) is 9.26. The fourth-order valence-electron chi connectivity index (χ4n) is 1.64. The molecule has 0 saturated heterocycles. The maximum Gasteiger partial charge on any atom is 0.191 e. The first-order valence-electron chi connectivity index (χ1n) is 6.44. The number of hydrogen-bond acceptors (Lipinski definition) is 2. The molecule has 1 aromatic rings. The minimum Gasteiger partial charge on any atom is -0.356 e. The van der Waals surface area contributed by atoms with E-state index in [1.54, 1.807) is 7.05 Å². The number of aliphatic imine (C=N–C) groups is 1. The molecule has 0 atom stereocenters. The maximum atomic E-state index is 5.86. The predicted molar refractivity (Wildman–Crippen MR) is 103 cm³/mol. The number of nitrogens with zero attached hydrogens (tertiary/aromatic N) is 1. The lowest BCUT2D eigenvalue weighted by atomic mass is 10.1. The fraction of sp³-hybridized carbons (Fsp3) is 0.500. The topological polar surface area (TPSA) is 36.4 Å². The minimum atomic E-state index is 0. The molecule has 0 aliphatic heterocycles. The highest BCUT2D eigenvalue weighted by Gasteiger charge is 1.97. The Morgan fingerprint density at radius 3 is 2.45 bits per heavy atom. The second-order valence-electron chi connectivity index (χ2n) is 4.15. The molecule has 6 heteroatoms. The van der Waals surface area contributed by atoms with Crippen LogP contribution in [-0.2, 0) is 6.42 Å². The molecule has 1 aromatic carbocycles. The smallest absolute Gasteiger partial charge is 0.191 e. The van der Waals surface area contributed by atoms with Gasteiger partial charge in [0.2, 0.25) is 0 Å². The SMILES string of the molecule is CN=C(NCCCc1ccc(Cl)cc1)NCCSC.I. The lowest BCUT2D eigenvalue weighted by Crippen LogP contribution is -2.38. The molecule has 0 spiro atoms. The number of benzene rings is 1. The van der Waals surface area contributed by atoms with E-state index in [0.29, 0.717) is 0 Å². The Morgan fingerprint density at radius 1 is 1.20 bits per heavy atom. The molecule has 0 radical (unpaired) electrons. The van der Waals surface area contributed by atoms with Gasteiger partial charge in [0.05, 0.1) is 0 Å². The number of thioether (sulfide) groups is 1. The summed E-state index contributed by atoms with van der Waals surface area (Å²) >= 11 is 7.68. The molecule has 0 saturated carbocycles. The van der Waals surface area contributed by atoms with Gasteiger partial charge in [0.1, 0.15) is 0 Å². The van der Waals surface area contributed by atoms with Crippen LogP contribution in [0.15, 0.2) is 29.3 Å². The fourth-order valence-corrected chi connectivity index (χ4v) is 2.07. The van der Waals surface area contributed by atoms with Crippen LogP contribution in [0, 0.1) is 0 Å². The molecule has 114 valence electrons. The monoisotopic (exact) mass is 427 g/mol. The number of guanidine groups is 1. The zero-order chi connectivity index (χ0) is 13.9. The average molecular weight is 428 g/mol. The van der Waals surface area contributed by atoms with Crippen LogP contribution in [0.1, 0.15) is 12.0 Å². The van der Waals surface area contributed by atoms with Gasteiger partial charge in [-0.1, -0.05) is 23.7 Å². The number of rotatable bonds is 7. The Bertz CT molecular complexity index is 385. The summed E-state index contributed by atoms with van der Waals surface area (Å²) in [5.74, 6) is 1.97. The van der Waals surface area contributed by atoms with Crippen molar-refractivity contribution in [1.82, 2.24) is 10.6 Å². The molecule has 0 unspecified atom stereocenters. The second kappa shape index (κ2) is 12.6. The van der Waals surface area contributed by atoms with E-state index in [0.717, 1.165) is 42.7 Å². The zero-order valence-corrected chi connectivity index (χ0v) is 15.9. The van der Waals surface area contributed by atoms with Crippen molar-refractivity contribution in [3.63, 3.8) is 0 Å². The van der Waals surface area contributed by atoms with Crippen molar-refractivity contribution in [3.8, 4) is 0 Å². The largest absolute Gasteiger partial charge is 0.356 e. The van der Waals surface area contributed by atoms with Crippen molar-refractivity contribution < 1.29 is 0 Å². The van der Waals surface area contributed by atoms with Gasteiger partial charge in [-0.3, -0.25) is 4.99 Å². The van der Waals surface area contributed by atoms with Gasteiger partial charge in [0, 0.05) is 30.9 Å². The molecule has 0 aromatic heterocycles. The highest BCUT2D eigenvalue weighted by atomic mass is 127. The number of nitrogens with one attached hydrogen (secondary N) is 2.